The maximum Gasteiger partial charge on any atom is 0.245 e. The van der Waals surface area contributed by atoms with Crippen molar-refractivity contribution >= 4 is 17.2 Å². The first-order valence-corrected chi connectivity index (χ1v) is 5.10. The molecule has 0 unspecified atom stereocenters. The highest BCUT2D eigenvalue weighted by atomic mass is 32.1. The van der Waals surface area contributed by atoms with Gasteiger partial charge < -0.3 is 5.73 Å². The molecular weight excluding hydrogens is 200 g/mol. The average molecular weight is 214 g/mol. The minimum atomic E-state index is -0.476. The largest absolute Gasteiger partial charge is 0.368 e. The molecule has 0 aliphatic carbocycles. The molecule has 0 aliphatic rings. The molecule has 0 radical (unpaired) electrons. The van der Waals surface area contributed by atoms with Crippen molar-refractivity contribution in [2.75, 3.05) is 6.61 Å². The summed E-state index contributed by atoms with van der Waals surface area (Å²) < 4.78 is 0. The predicted molar refractivity (Wildman–Crippen MR) is 55.8 cm³/mol. The number of thiophene rings is 1. The minimum absolute atomic E-state index is 0.0951. The molecule has 0 aliphatic heterocycles. The van der Waals surface area contributed by atoms with E-state index in [2.05, 4.69) is 25.4 Å². The van der Waals surface area contributed by atoms with Crippen LogP contribution < -0.4 is 11.2 Å². The molecule has 0 bridgehead atoms. The van der Waals surface area contributed by atoms with Crippen LogP contribution in [0.25, 0.3) is 0 Å². The summed E-state index contributed by atoms with van der Waals surface area (Å²) in [6.45, 7) is 4.62. The Bertz CT molecular complexity index is 323. The number of aryl methyl sites for hydroxylation is 2. The number of amides is 1. The van der Waals surface area contributed by atoms with Gasteiger partial charge >= 0.3 is 0 Å². The van der Waals surface area contributed by atoms with Gasteiger partial charge in [0.1, 0.15) is 6.61 Å². The van der Waals surface area contributed by atoms with E-state index in [1.54, 1.807) is 11.3 Å². The van der Waals surface area contributed by atoms with Crippen LogP contribution in [0.15, 0.2) is 6.07 Å². The second-order valence-electron chi connectivity index (χ2n) is 3.01. The third-order valence-electron chi connectivity index (χ3n) is 1.72. The number of nitrogens with two attached hydrogens (primary N) is 1. The first kappa shape index (κ1) is 11.2. The third kappa shape index (κ3) is 3.45. The molecule has 0 aromatic carbocycles. The molecule has 0 spiro atoms. The van der Waals surface area contributed by atoms with Crippen LogP contribution in [0.5, 0.6) is 0 Å². The number of hydrogen-bond acceptors (Lipinski definition) is 4. The summed E-state index contributed by atoms with van der Waals surface area (Å²) in [6, 6.07) is 2.10. The lowest BCUT2D eigenvalue weighted by Gasteiger charge is -2.02. The minimum Gasteiger partial charge on any atom is -0.368 e. The fourth-order valence-corrected chi connectivity index (χ4v) is 2.06. The fourth-order valence-electron chi connectivity index (χ4n) is 1.11. The van der Waals surface area contributed by atoms with E-state index >= 15 is 0 Å². The summed E-state index contributed by atoms with van der Waals surface area (Å²) in [4.78, 5) is 17.7. The van der Waals surface area contributed by atoms with Gasteiger partial charge in [-0.25, -0.2) is 0 Å². The number of primary amides is 1. The molecule has 1 rings (SSSR count). The molecule has 1 amide bonds. The Morgan fingerprint density at radius 1 is 1.64 bits per heavy atom. The zero-order chi connectivity index (χ0) is 10.6. The van der Waals surface area contributed by atoms with Gasteiger partial charge in [0, 0.05) is 16.3 Å². The van der Waals surface area contributed by atoms with Crippen LogP contribution in [0, 0.1) is 13.8 Å². The number of nitrogens with one attached hydrogen (secondary N) is 1. The van der Waals surface area contributed by atoms with Crippen molar-refractivity contribution in [3.8, 4) is 0 Å². The Labute approximate surface area is 87.0 Å². The molecule has 4 nitrogen and oxygen atoms in total. The van der Waals surface area contributed by atoms with Crippen LogP contribution in [-0.4, -0.2) is 12.5 Å². The number of rotatable bonds is 5. The Hall–Kier alpha value is -0.910. The molecule has 1 heterocycles. The van der Waals surface area contributed by atoms with Crippen LogP contribution in [0.2, 0.25) is 0 Å². The van der Waals surface area contributed by atoms with Crippen molar-refractivity contribution in [2.45, 2.75) is 20.4 Å². The highest BCUT2D eigenvalue weighted by Gasteiger charge is 2.02. The molecular formula is C9H14N2O2S. The Morgan fingerprint density at radius 2 is 2.36 bits per heavy atom. The van der Waals surface area contributed by atoms with Gasteiger partial charge in [-0.05, 0) is 25.5 Å². The van der Waals surface area contributed by atoms with Crippen LogP contribution >= 0.6 is 11.3 Å². The van der Waals surface area contributed by atoms with E-state index in [0.717, 1.165) is 0 Å². The van der Waals surface area contributed by atoms with Crippen LogP contribution in [-0.2, 0) is 16.2 Å². The molecule has 0 atom stereocenters. The van der Waals surface area contributed by atoms with Crippen molar-refractivity contribution in [1.82, 2.24) is 5.48 Å². The van der Waals surface area contributed by atoms with E-state index in [9.17, 15) is 4.79 Å². The maximum absolute atomic E-state index is 10.3. The summed E-state index contributed by atoms with van der Waals surface area (Å²) in [5, 5.41) is 0. The van der Waals surface area contributed by atoms with Crippen LogP contribution in [0.3, 0.4) is 0 Å². The topological polar surface area (TPSA) is 64.3 Å². The normalized spacial score (nSPS) is 10.4. The lowest BCUT2D eigenvalue weighted by Crippen LogP contribution is -2.24. The number of carbonyl (C=O) groups is 1. The standard InChI is InChI=1S/C9H14N2O2S/c1-6-3-8(7(2)14-6)4-11-13-5-9(10)12/h3,11H,4-5H2,1-2H3,(H2,10,12). The number of carbonyl (C=O) groups excluding carboxylic acids is 1. The zero-order valence-corrected chi connectivity index (χ0v) is 9.11. The Morgan fingerprint density at radius 3 is 2.86 bits per heavy atom. The van der Waals surface area contributed by atoms with E-state index in [4.69, 9.17) is 10.6 Å². The zero-order valence-electron chi connectivity index (χ0n) is 8.29. The van der Waals surface area contributed by atoms with E-state index in [1.165, 1.54) is 15.3 Å². The predicted octanol–water partition coefficient (Wildman–Crippen LogP) is 0.871. The third-order valence-corrected chi connectivity index (χ3v) is 2.73. The first-order valence-electron chi connectivity index (χ1n) is 4.28. The SMILES string of the molecule is Cc1cc(CNOCC(N)=O)c(C)s1. The number of hydrogen-bond donors (Lipinski definition) is 2. The lowest BCUT2D eigenvalue weighted by atomic mass is 10.2. The molecule has 0 fully saturated rings. The van der Waals surface area contributed by atoms with Gasteiger partial charge in [0.25, 0.3) is 0 Å². The number of hydroxylamine groups is 1. The summed E-state index contributed by atoms with van der Waals surface area (Å²) in [7, 11) is 0. The first-order chi connectivity index (χ1) is 6.59. The van der Waals surface area contributed by atoms with E-state index in [-0.39, 0.29) is 6.61 Å². The molecule has 3 N–H and O–H groups in total. The molecule has 1 aromatic heterocycles. The fraction of sp³-hybridized carbons (Fsp3) is 0.444. The summed E-state index contributed by atoms with van der Waals surface area (Å²) in [6.07, 6.45) is 0. The van der Waals surface area contributed by atoms with E-state index < -0.39 is 5.91 Å². The summed E-state index contributed by atoms with van der Waals surface area (Å²) in [5.74, 6) is -0.476. The molecule has 0 saturated heterocycles. The van der Waals surface area contributed by atoms with Gasteiger partial charge in [0.2, 0.25) is 5.91 Å². The van der Waals surface area contributed by atoms with Crippen molar-refractivity contribution in [3.63, 3.8) is 0 Å². The second kappa shape index (κ2) is 5.09. The molecule has 5 heteroatoms. The van der Waals surface area contributed by atoms with Gasteiger partial charge in [-0.1, -0.05) is 0 Å². The lowest BCUT2D eigenvalue weighted by molar-refractivity contribution is -0.125. The molecule has 0 saturated carbocycles. The van der Waals surface area contributed by atoms with Crippen LogP contribution in [0.4, 0.5) is 0 Å². The van der Waals surface area contributed by atoms with Gasteiger partial charge in [-0.2, -0.15) is 5.48 Å². The van der Waals surface area contributed by atoms with Gasteiger partial charge in [-0.15, -0.1) is 11.3 Å². The molecule has 1 aromatic rings. The maximum atomic E-state index is 10.3. The highest BCUT2D eigenvalue weighted by Crippen LogP contribution is 2.19. The van der Waals surface area contributed by atoms with Crippen LogP contribution in [0.1, 0.15) is 15.3 Å². The Kier molecular flexibility index (Phi) is 4.06. The van der Waals surface area contributed by atoms with Gasteiger partial charge in [0.05, 0.1) is 0 Å². The van der Waals surface area contributed by atoms with E-state index in [1.807, 2.05) is 0 Å². The quantitative estimate of drug-likeness (QED) is 0.564. The second-order valence-corrected chi connectivity index (χ2v) is 4.48. The smallest absolute Gasteiger partial charge is 0.245 e. The van der Waals surface area contributed by atoms with Crippen molar-refractivity contribution < 1.29 is 9.63 Å². The average Bonchev–Trinajstić information content (AvgIpc) is 2.39. The monoisotopic (exact) mass is 214 g/mol. The van der Waals surface area contributed by atoms with Crippen molar-refractivity contribution in [2.24, 2.45) is 5.73 Å². The van der Waals surface area contributed by atoms with E-state index in [0.29, 0.717) is 6.54 Å². The van der Waals surface area contributed by atoms with Gasteiger partial charge in [-0.3, -0.25) is 9.63 Å². The van der Waals surface area contributed by atoms with Crippen molar-refractivity contribution in [3.05, 3.63) is 21.4 Å². The van der Waals surface area contributed by atoms with Gasteiger partial charge in [0.15, 0.2) is 0 Å². The highest BCUT2D eigenvalue weighted by molar-refractivity contribution is 7.12. The van der Waals surface area contributed by atoms with Crippen molar-refractivity contribution in [1.29, 1.82) is 0 Å². The molecule has 78 valence electrons. The molecule has 14 heavy (non-hydrogen) atoms. The summed E-state index contributed by atoms with van der Waals surface area (Å²) >= 11 is 1.75. The summed E-state index contributed by atoms with van der Waals surface area (Å²) in [5.41, 5.74) is 8.79. The Balaban J connectivity index is 2.31.